The van der Waals surface area contributed by atoms with Crippen LogP contribution in [0.1, 0.15) is 24.8 Å². The minimum Gasteiger partial charge on any atom is -0.493 e. The monoisotopic (exact) mass is 266 g/mol. The van der Waals surface area contributed by atoms with E-state index < -0.39 is 11.9 Å². The maximum Gasteiger partial charge on any atom is 0.310 e. The fourth-order valence-corrected chi connectivity index (χ4v) is 2.10. The Balaban J connectivity index is 2.27. The second kappa shape index (κ2) is 5.93. The van der Waals surface area contributed by atoms with Crippen LogP contribution in [0.3, 0.4) is 0 Å². The Kier molecular flexibility index (Phi) is 4.27. The summed E-state index contributed by atoms with van der Waals surface area (Å²) in [6.07, 6.45) is 0.839. The Bertz CT molecular complexity index is 451. The normalized spacial score (nSPS) is 20.0. The molecule has 1 aromatic carbocycles. The molecule has 0 bridgehead atoms. The van der Waals surface area contributed by atoms with Gasteiger partial charge < -0.3 is 19.3 Å². The number of hydrogen-bond acceptors (Lipinski definition) is 4. The molecule has 19 heavy (non-hydrogen) atoms. The van der Waals surface area contributed by atoms with Crippen molar-refractivity contribution in [1.82, 2.24) is 0 Å². The Morgan fingerprint density at radius 2 is 2.32 bits per heavy atom. The van der Waals surface area contributed by atoms with Crippen LogP contribution in [0, 0.1) is 0 Å². The summed E-state index contributed by atoms with van der Waals surface area (Å²) in [4.78, 5) is 11.1. The topological polar surface area (TPSA) is 65.0 Å². The molecule has 0 amide bonds. The molecule has 1 fully saturated rings. The fourth-order valence-electron chi connectivity index (χ4n) is 2.10. The first-order valence-electron chi connectivity index (χ1n) is 6.27. The number of ether oxygens (including phenoxy) is 3. The largest absolute Gasteiger partial charge is 0.493 e. The number of carboxylic acid groups (broad SMARTS) is 1. The molecule has 1 aliphatic rings. The van der Waals surface area contributed by atoms with Gasteiger partial charge in [0.2, 0.25) is 0 Å². The predicted octanol–water partition coefficient (Wildman–Crippen LogP) is 2.05. The third-order valence-corrected chi connectivity index (χ3v) is 3.23. The maximum absolute atomic E-state index is 11.1. The minimum atomic E-state index is -0.889. The summed E-state index contributed by atoms with van der Waals surface area (Å²) in [5, 5.41) is 9.11. The SMILES string of the molecule is COc1c(OC2CCOC2)cccc1C(C)C(=O)O. The molecule has 2 rings (SSSR count). The summed E-state index contributed by atoms with van der Waals surface area (Å²) in [5.74, 6) is -0.467. The quantitative estimate of drug-likeness (QED) is 0.883. The lowest BCUT2D eigenvalue weighted by Crippen LogP contribution is -2.17. The van der Waals surface area contributed by atoms with Gasteiger partial charge in [0, 0.05) is 12.0 Å². The van der Waals surface area contributed by atoms with Crippen molar-refractivity contribution in [2.75, 3.05) is 20.3 Å². The Morgan fingerprint density at radius 1 is 1.53 bits per heavy atom. The molecule has 0 aliphatic carbocycles. The van der Waals surface area contributed by atoms with Crippen LogP contribution in [-0.4, -0.2) is 37.5 Å². The zero-order valence-electron chi connectivity index (χ0n) is 11.1. The zero-order valence-corrected chi connectivity index (χ0v) is 11.1. The highest BCUT2D eigenvalue weighted by atomic mass is 16.6. The van der Waals surface area contributed by atoms with Gasteiger partial charge >= 0.3 is 5.97 Å². The van der Waals surface area contributed by atoms with E-state index in [2.05, 4.69) is 0 Å². The van der Waals surface area contributed by atoms with E-state index in [0.29, 0.717) is 30.3 Å². The summed E-state index contributed by atoms with van der Waals surface area (Å²) < 4.78 is 16.4. The Morgan fingerprint density at radius 3 is 2.89 bits per heavy atom. The van der Waals surface area contributed by atoms with Crippen molar-refractivity contribution in [1.29, 1.82) is 0 Å². The van der Waals surface area contributed by atoms with Crippen LogP contribution in [0.15, 0.2) is 18.2 Å². The first-order valence-corrected chi connectivity index (χ1v) is 6.27. The number of para-hydroxylation sites is 1. The van der Waals surface area contributed by atoms with Crippen LogP contribution >= 0.6 is 0 Å². The van der Waals surface area contributed by atoms with E-state index in [0.717, 1.165) is 6.42 Å². The molecule has 1 aliphatic heterocycles. The molecule has 5 nitrogen and oxygen atoms in total. The Hall–Kier alpha value is -1.75. The second-order valence-electron chi connectivity index (χ2n) is 4.54. The number of hydrogen-bond donors (Lipinski definition) is 1. The van der Waals surface area contributed by atoms with Crippen molar-refractivity contribution in [3.8, 4) is 11.5 Å². The highest BCUT2D eigenvalue weighted by Crippen LogP contribution is 2.36. The maximum atomic E-state index is 11.1. The number of carboxylic acids is 1. The molecule has 0 aromatic heterocycles. The van der Waals surface area contributed by atoms with E-state index in [1.807, 2.05) is 0 Å². The van der Waals surface area contributed by atoms with Crippen molar-refractivity contribution in [2.24, 2.45) is 0 Å². The molecular weight excluding hydrogens is 248 g/mol. The lowest BCUT2D eigenvalue weighted by atomic mass is 10.00. The number of carbonyl (C=O) groups is 1. The summed E-state index contributed by atoms with van der Waals surface area (Å²) in [6.45, 7) is 2.88. The van der Waals surface area contributed by atoms with Crippen LogP contribution in [0.25, 0.3) is 0 Å². The van der Waals surface area contributed by atoms with E-state index in [-0.39, 0.29) is 6.10 Å². The minimum absolute atomic E-state index is 0.00397. The molecule has 0 saturated carbocycles. The summed E-state index contributed by atoms with van der Waals surface area (Å²) in [6, 6.07) is 5.31. The van der Waals surface area contributed by atoms with Gasteiger partial charge in [-0.2, -0.15) is 0 Å². The summed E-state index contributed by atoms with van der Waals surface area (Å²) in [5.41, 5.74) is 0.617. The van der Waals surface area contributed by atoms with Crippen molar-refractivity contribution in [2.45, 2.75) is 25.4 Å². The summed E-state index contributed by atoms with van der Waals surface area (Å²) >= 11 is 0. The van der Waals surface area contributed by atoms with Gasteiger partial charge in [-0.15, -0.1) is 0 Å². The number of aliphatic carboxylic acids is 1. The standard InChI is InChI=1S/C14H18O5/c1-9(14(15)16)11-4-3-5-12(13(11)17-2)19-10-6-7-18-8-10/h3-5,9-10H,6-8H2,1-2H3,(H,15,16). The summed E-state index contributed by atoms with van der Waals surface area (Å²) in [7, 11) is 1.52. The van der Waals surface area contributed by atoms with Crippen LogP contribution in [-0.2, 0) is 9.53 Å². The van der Waals surface area contributed by atoms with Crippen molar-refractivity contribution in [3.63, 3.8) is 0 Å². The molecule has 0 radical (unpaired) electrons. The van der Waals surface area contributed by atoms with Crippen LogP contribution in [0.5, 0.6) is 11.5 Å². The van der Waals surface area contributed by atoms with E-state index >= 15 is 0 Å². The molecule has 1 heterocycles. The number of benzene rings is 1. The average Bonchev–Trinajstić information content (AvgIpc) is 2.90. The van der Waals surface area contributed by atoms with Crippen LogP contribution in [0.4, 0.5) is 0 Å². The van der Waals surface area contributed by atoms with Crippen molar-refractivity contribution < 1.29 is 24.1 Å². The van der Waals surface area contributed by atoms with E-state index in [1.54, 1.807) is 25.1 Å². The van der Waals surface area contributed by atoms with E-state index in [1.165, 1.54) is 7.11 Å². The molecule has 1 aromatic rings. The molecule has 104 valence electrons. The molecule has 2 unspecified atom stereocenters. The van der Waals surface area contributed by atoms with Crippen molar-refractivity contribution >= 4 is 5.97 Å². The Labute approximate surface area is 112 Å². The van der Waals surface area contributed by atoms with Gasteiger partial charge in [-0.25, -0.2) is 0 Å². The van der Waals surface area contributed by atoms with Gasteiger partial charge in [-0.1, -0.05) is 12.1 Å². The fraction of sp³-hybridized carbons (Fsp3) is 0.500. The highest BCUT2D eigenvalue weighted by molar-refractivity contribution is 5.77. The van der Waals surface area contributed by atoms with E-state index in [4.69, 9.17) is 19.3 Å². The molecule has 1 N–H and O–H groups in total. The number of rotatable bonds is 5. The van der Waals surface area contributed by atoms with Gasteiger partial charge in [0.25, 0.3) is 0 Å². The van der Waals surface area contributed by atoms with Gasteiger partial charge in [0.1, 0.15) is 6.10 Å². The lowest BCUT2D eigenvalue weighted by Gasteiger charge is -2.18. The molecule has 1 saturated heterocycles. The third kappa shape index (κ3) is 2.98. The smallest absolute Gasteiger partial charge is 0.310 e. The first-order chi connectivity index (χ1) is 9.13. The van der Waals surface area contributed by atoms with Crippen LogP contribution in [0.2, 0.25) is 0 Å². The highest BCUT2D eigenvalue weighted by Gasteiger charge is 2.24. The third-order valence-electron chi connectivity index (χ3n) is 3.23. The molecule has 2 atom stereocenters. The molecule has 0 spiro atoms. The molecular formula is C14H18O5. The average molecular weight is 266 g/mol. The zero-order chi connectivity index (χ0) is 13.8. The second-order valence-corrected chi connectivity index (χ2v) is 4.54. The lowest BCUT2D eigenvalue weighted by molar-refractivity contribution is -0.138. The van der Waals surface area contributed by atoms with E-state index in [9.17, 15) is 4.79 Å². The number of methoxy groups -OCH3 is 1. The predicted molar refractivity (Wildman–Crippen MR) is 68.9 cm³/mol. The van der Waals surface area contributed by atoms with Crippen LogP contribution < -0.4 is 9.47 Å². The molecule has 5 heteroatoms. The van der Waals surface area contributed by atoms with Gasteiger partial charge in [-0.3, -0.25) is 4.79 Å². The van der Waals surface area contributed by atoms with Crippen molar-refractivity contribution in [3.05, 3.63) is 23.8 Å². The first kappa shape index (κ1) is 13.7. The van der Waals surface area contributed by atoms with Gasteiger partial charge in [-0.05, 0) is 13.0 Å². The van der Waals surface area contributed by atoms with Gasteiger partial charge in [0.15, 0.2) is 11.5 Å². The van der Waals surface area contributed by atoms with Gasteiger partial charge in [0.05, 0.1) is 26.2 Å².